The molecule has 3 heterocycles. The maximum atomic E-state index is 6.38. The summed E-state index contributed by atoms with van der Waals surface area (Å²) in [5.41, 5.74) is 2.97. The summed E-state index contributed by atoms with van der Waals surface area (Å²) in [5, 5.41) is -0.100. The molecule has 0 saturated carbocycles. The van der Waals surface area contributed by atoms with E-state index in [1.54, 1.807) is 0 Å². The number of aryl methyl sites for hydroxylation is 1. The summed E-state index contributed by atoms with van der Waals surface area (Å²) in [6.45, 7) is 9.60. The quantitative estimate of drug-likeness (QED) is 0.811. The number of rotatable bonds is 3. The first-order valence-electron chi connectivity index (χ1n) is 7.82. The zero-order valence-electron chi connectivity index (χ0n) is 13.0. The lowest BCUT2D eigenvalue weighted by Gasteiger charge is -2.33. The van der Waals surface area contributed by atoms with Crippen molar-refractivity contribution in [1.82, 2.24) is 19.4 Å². The molecule has 1 fully saturated rings. The fraction of sp³-hybridized carbons (Fsp3) is 0.625. The standard InChI is InChI=1S/C16H23ClN4/c1-4-20-9-5-6-13(10-20)21-15(12(3)17)19-14-8-7-11(2)18-16(14)21/h7-8,12-13H,4-6,9-10H2,1-3H3. The van der Waals surface area contributed by atoms with Crippen LogP contribution in [0.5, 0.6) is 0 Å². The van der Waals surface area contributed by atoms with Crippen molar-refractivity contribution in [3.63, 3.8) is 0 Å². The van der Waals surface area contributed by atoms with Gasteiger partial charge in [0.2, 0.25) is 0 Å². The molecular formula is C16H23ClN4. The van der Waals surface area contributed by atoms with E-state index in [1.165, 1.54) is 19.4 Å². The number of likely N-dealkylation sites (N-methyl/N-ethyl adjacent to an activating group) is 1. The molecule has 2 aromatic rings. The molecule has 1 aliphatic heterocycles. The van der Waals surface area contributed by atoms with E-state index in [4.69, 9.17) is 21.6 Å². The molecule has 0 N–H and O–H groups in total. The van der Waals surface area contributed by atoms with Crippen molar-refractivity contribution in [2.45, 2.75) is 45.0 Å². The van der Waals surface area contributed by atoms with Crippen molar-refractivity contribution in [3.05, 3.63) is 23.7 Å². The number of hydrogen-bond acceptors (Lipinski definition) is 3. The third-order valence-corrected chi connectivity index (χ3v) is 4.55. The first-order chi connectivity index (χ1) is 10.1. The van der Waals surface area contributed by atoms with Gasteiger partial charge in [-0.3, -0.25) is 0 Å². The molecule has 0 radical (unpaired) electrons. The summed E-state index contributed by atoms with van der Waals surface area (Å²) in [4.78, 5) is 12.0. The summed E-state index contributed by atoms with van der Waals surface area (Å²) in [5.74, 6) is 0.952. The number of pyridine rings is 1. The van der Waals surface area contributed by atoms with Crippen LogP contribution >= 0.6 is 11.6 Å². The maximum absolute atomic E-state index is 6.38. The zero-order valence-corrected chi connectivity index (χ0v) is 13.8. The summed E-state index contributed by atoms with van der Waals surface area (Å²) in [6, 6.07) is 4.49. The lowest BCUT2D eigenvalue weighted by Crippen LogP contribution is -2.37. The molecule has 0 spiro atoms. The third-order valence-electron chi connectivity index (χ3n) is 4.35. The fourth-order valence-corrected chi connectivity index (χ4v) is 3.41. The number of likely N-dealkylation sites (tertiary alicyclic amines) is 1. The molecule has 1 aliphatic rings. The Bertz CT molecular complexity index is 634. The molecule has 0 aromatic carbocycles. The minimum atomic E-state index is -0.100. The predicted octanol–water partition coefficient (Wildman–Crippen LogP) is 3.70. The average Bonchev–Trinajstić information content (AvgIpc) is 2.86. The molecule has 2 unspecified atom stereocenters. The smallest absolute Gasteiger partial charge is 0.160 e. The van der Waals surface area contributed by atoms with Gasteiger partial charge in [-0.1, -0.05) is 6.92 Å². The van der Waals surface area contributed by atoms with E-state index in [0.717, 1.165) is 35.8 Å². The Balaban J connectivity index is 2.10. The second-order valence-electron chi connectivity index (χ2n) is 5.94. The van der Waals surface area contributed by atoms with Crippen LogP contribution in [0.15, 0.2) is 12.1 Å². The molecule has 0 aliphatic carbocycles. The van der Waals surface area contributed by atoms with Gasteiger partial charge in [0, 0.05) is 18.3 Å². The Labute approximate surface area is 131 Å². The second-order valence-corrected chi connectivity index (χ2v) is 6.60. The van der Waals surface area contributed by atoms with Gasteiger partial charge in [0.1, 0.15) is 11.3 Å². The number of nitrogens with zero attached hydrogens (tertiary/aromatic N) is 4. The number of alkyl halides is 1. The molecular weight excluding hydrogens is 284 g/mol. The molecule has 114 valence electrons. The largest absolute Gasteiger partial charge is 0.307 e. The Morgan fingerprint density at radius 3 is 2.90 bits per heavy atom. The number of aromatic nitrogens is 3. The zero-order chi connectivity index (χ0) is 15.0. The highest BCUT2D eigenvalue weighted by atomic mass is 35.5. The summed E-state index contributed by atoms with van der Waals surface area (Å²) in [6.07, 6.45) is 2.40. The Morgan fingerprint density at radius 2 is 2.19 bits per heavy atom. The van der Waals surface area contributed by atoms with E-state index in [1.807, 2.05) is 19.9 Å². The van der Waals surface area contributed by atoms with E-state index < -0.39 is 0 Å². The molecule has 4 nitrogen and oxygen atoms in total. The monoisotopic (exact) mass is 306 g/mol. The summed E-state index contributed by atoms with van der Waals surface area (Å²) in [7, 11) is 0. The molecule has 5 heteroatoms. The van der Waals surface area contributed by atoms with Gasteiger partial charge < -0.3 is 9.47 Å². The normalized spacial score (nSPS) is 21.8. The lowest BCUT2D eigenvalue weighted by molar-refractivity contribution is 0.185. The van der Waals surface area contributed by atoms with Gasteiger partial charge in [0.15, 0.2) is 5.65 Å². The molecule has 2 aromatic heterocycles. The number of halogens is 1. The van der Waals surface area contributed by atoms with E-state index in [-0.39, 0.29) is 5.38 Å². The van der Waals surface area contributed by atoms with Crippen LogP contribution in [-0.4, -0.2) is 39.1 Å². The van der Waals surface area contributed by atoms with Gasteiger partial charge in [0.05, 0.1) is 5.38 Å². The second kappa shape index (κ2) is 5.93. The van der Waals surface area contributed by atoms with E-state index in [9.17, 15) is 0 Å². The van der Waals surface area contributed by atoms with E-state index >= 15 is 0 Å². The van der Waals surface area contributed by atoms with Crippen LogP contribution in [0.4, 0.5) is 0 Å². The number of piperidine rings is 1. The van der Waals surface area contributed by atoms with Crippen LogP contribution in [0.25, 0.3) is 11.2 Å². The highest BCUT2D eigenvalue weighted by molar-refractivity contribution is 6.20. The highest BCUT2D eigenvalue weighted by Gasteiger charge is 2.26. The van der Waals surface area contributed by atoms with Gasteiger partial charge in [-0.15, -0.1) is 11.6 Å². The maximum Gasteiger partial charge on any atom is 0.160 e. The summed E-state index contributed by atoms with van der Waals surface area (Å²) < 4.78 is 2.29. The van der Waals surface area contributed by atoms with Gasteiger partial charge in [0.25, 0.3) is 0 Å². The van der Waals surface area contributed by atoms with Gasteiger partial charge in [-0.05, 0) is 51.9 Å². The number of fused-ring (bicyclic) bond motifs is 1. The van der Waals surface area contributed by atoms with E-state index in [2.05, 4.69) is 22.5 Å². The fourth-order valence-electron chi connectivity index (χ4n) is 3.26. The van der Waals surface area contributed by atoms with Crippen LogP contribution in [0.2, 0.25) is 0 Å². The Morgan fingerprint density at radius 1 is 1.38 bits per heavy atom. The highest BCUT2D eigenvalue weighted by Crippen LogP contribution is 2.31. The lowest BCUT2D eigenvalue weighted by atomic mass is 10.1. The van der Waals surface area contributed by atoms with Crippen LogP contribution in [0.1, 0.15) is 49.6 Å². The average molecular weight is 307 g/mol. The van der Waals surface area contributed by atoms with Crippen LogP contribution in [0.3, 0.4) is 0 Å². The molecule has 1 saturated heterocycles. The van der Waals surface area contributed by atoms with Gasteiger partial charge in [-0.25, -0.2) is 9.97 Å². The Kier molecular flexibility index (Phi) is 4.18. The van der Waals surface area contributed by atoms with Crippen LogP contribution in [0, 0.1) is 6.92 Å². The molecule has 21 heavy (non-hydrogen) atoms. The van der Waals surface area contributed by atoms with Crippen molar-refractivity contribution < 1.29 is 0 Å². The first kappa shape index (κ1) is 14.8. The Hall–Kier alpha value is -1.13. The van der Waals surface area contributed by atoms with Crippen molar-refractivity contribution in [1.29, 1.82) is 0 Å². The molecule has 2 atom stereocenters. The van der Waals surface area contributed by atoms with Crippen molar-refractivity contribution in [2.24, 2.45) is 0 Å². The molecule has 0 amide bonds. The summed E-state index contributed by atoms with van der Waals surface area (Å²) >= 11 is 6.38. The predicted molar refractivity (Wildman–Crippen MR) is 86.9 cm³/mol. The van der Waals surface area contributed by atoms with Crippen LogP contribution in [-0.2, 0) is 0 Å². The van der Waals surface area contributed by atoms with Crippen molar-refractivity contribution in [2.75, 3.05) is 19.6 Å². The third kappa shape index (κ3) is 2.79. The van der Waals surface area contributed by atoms with Crippen LogP contribution < -0.4 is 0 Å². The van der Waals surface area contributed by atoms with Gasteiger partial charge >= 0.3 is 0 Å². The molecule has 3 rings (SSSR count). The number of imidazole rings is 1. The van der Waals surface area contributed by atoms with E-state index in [0.29, 0.717) is 6.04 Å². The number of hydrogen-bond donors (Lipinski definition) is 0. The molecule has 0 bridgehead atoms. The topological polar surface area (TPSA) is 34.0 Å². The van der Waals surface area contributed by atoms with Crippen molar-refractivity contribution in [3.8, 4) is 0 Å². The van der Waals surface area contributed by atoms with Crippen molar-refractivity contribution >= 4 is 22.8 Å². The minimum Gasteiger partial charge on any atom is -0.307 e. The minimum absolute atomic E-state index is 0.100. The SMILES string of the molecule is CCN1CCCC(n2c(C(C)Cl)nc3ccc(C)nc32)C1. The van der Waals surface area contributed by atoms with Gasteiger partial charge in [-0.2, -0.15) is 0 Å². The first-order valence-corrected chi connectivity index (χ1v) is 8.25.